The van der Waals surface area contributed by atoms with Crippen LogP contribution in [0.4, 0.5) is 11.4 Å². The molecular formula is C24H27N3O2. The van der Waals surface area contributed by atoms with Gasteiger partial charge in [-0.2, -0.15) is 5.26 Å². The Morgan fingerprint density at radius 1 is 1.17 bits per heavy atom. The molecule has 1 atom stereocenters. The van der Waals surface area contributed by atoms with Crippen LogP contribution in [0, 0.1) is 11.3 Å². The van der Waals surface area contributed by atoms with Gasteiger partial charge in [0, 0.05) is 24.7 Å². The van der Waals surface area contributed by atoms with Crippen LogP contribution >= 0.6 is 0 Å². The number of nitriles is 1. The number of ether oxygens (including phenoxy) is 1. The molecule has 1 saturated heterocycles. The summed E-state index contributed by atoms with van der Waals surface area (Å²) in [7, 11) is 0. The largest absolute Gasteiger partial charge is 0.494 e. The predicted molar refractivity (Wildman–Crippen MR) is 113 cm³/mol. The van der Waals surface area contributed by atoms with Crippen molar-refractivity contribution in [1.82, 2.24) is 4.90 Å². The lowest BCUT2D eigenvalue weighted by Gasteiger charge is -2.30. The summed E-state index contributed by atoms with van der Waals surface area (Å²) >= 11 is 0. The van der Waals surface area contributed by atoms with Gasteiger partial charge < -0.3 is 9.64 Å². The Morgan fingerprint density at radius 3 is 2.72 bits per heavy atom. The van der Waals surface area contributed by atoms with E-state index in [1.165, 1.54) is 19.4 Å². The first-order valence-corrected chi connectivity index (χ1v) is 10.5. The maximum absolute atomic E-state index is 12.6. The molecule has 29 heavy (non-hydrogen) atoms. The van der Waals surface area contributed by atoms with Gasteiger partial charge in [-0.05, 0) is 87.2 Å². The van der Waals surface area contributed by atoms with Crippen molar-refractivity contribution in [2.24, 2.45) is 0 Å². The summed E-state index contributed by atoms with van der Waals surface area (Å²) in [5.41, 5.74) is 3.41. The number of anilines is 2. The van der Waals surface area contributed by atoms with Crippen molar-refractivity contribution in [2.45, 2.75) is 45.1 Å². The molecular weight excluding hydrogens is 362 g/mol. The lowest BCUT2D eigenvalue weighted by molar-refractivity contribution is -0.118. The molecule has 0 unspecified atom stereocenters. The zero-order chi connectivity index (χ0) is 20.2. The molecule has 5 heteroatoms. The van der Waals surface area contributed by atoms with E-state index in [4.69, 9.17) is 10.00 Å². The number of amides is 1. The van der Waals surface area contributed by atoms with Crippen molar-refractivity contribution in [2.75, 3.05) is 24.6 Å². The zero-order valence-electron chi connectivity index (χ0n) is 16.9. The number of fused-ring (bicyclic) bond motifs is 1. The van der Waals surface area contributed by atoms with Crippen molar-refractivity contribution in [3.05, 3.63) is 53.6 Å². The topological polar surface area (TPSA) is 56.6 Å². The molecule has 2 aliphatic heterocycles. The minimum atomic E-state index is 0.0793. The van der Waals surface area contributed by atoms with Crippen LogP contribution < -0.4 is 9.64 Å². The van der Waals surface area contributed by atoms with Gasteiger partial charge in [-0.3, -0.25) is 9.69 Å². The molecule has 2 aliphatic rings. The number of likely N-dealkylation sites (tertiary alicyclic amines) is 1. The number of rotatable bonds is 6. The Balaban J connectivity index is 1.42. The van der Waals surface area contributed by atoms with Crippen molar-refractivity contribution in [3.63, 3.8) is 0 Å². The van der Waals surface area contributed by atoms with Crippen molar-refractivity contribution >= 4 is 17.3 Å². The van der Waals surface area contributed by atoms with Crippen molar-refractivity contribution in [3.8, 4) is 11.8 Å². The summed E-state index contributed by atoms with van der Waals surface area (Å²) in [6.07, 6.45) is 4.84. The van der Waals surface area contributed by atoms with E-state index in [0.29, 0.717) is 24.6 Å². The van der Waals surface area contributed by atoms with Crippen LogP contribution in [0.25, 0.3) is 0 Å². The van der Waals surface area contributed by atoms with E-state index in [1.807, 2.05) is 24.3 Å². The van der Waals surface area contributed by atoms with Crippen LogP contribution in [0.3, 0.4) is 0 Å². The lowest BCUT2D eigenvalue weighted by Crippen LogP contribution is -2.30. The molecule has 0 radical (unpaired) electrons. The molecule has 150 valence electrons. The molecule has 0 aliphatic carbocycles. The maximum Gasteiger partial charge on any atom is 0.231 e. The molecule has 2 aromatic carbocycles. The van der Waals surface area contributed by atoms with Crippen LogP contribution in [-0.2, 0) is 11.2 Å². The number of hydrogen-bond acceptors (Lipinski definition) is 4. The minimum Gasteiger partial charge on any atom is -0.494 e. The Kier molecular flexibility index (Phi) is 5.82. The highest BCUT2D eigenvalue weighted by Gasteiger charge is 2.26. The summed E-state index contributed by atoms with van der Waals surface area (Å²) in [6, 6.07) is 16.0. The van der Waals surface area contributed by atoms with Crippen molar-refractivity contribution < 1.29 is 9.53 Å². The molecule has 0 spiro atoms. The van der Waals surface area contributed by atoms with E-state index in [9.17, 15) is 4.79 Å². The molecule has 1 amide bonds. The third kappa shape index (κ3) is 4.28. The second-order valence-electron chi connectivity index (χ2n) is 7.91. The van der Waals surface area contributed by atoms with Gasteiger partial charge in [0.15, 0.2) is 0 Å². The van der Waals surface area contributed by atoms with Crippen LogP contribution in [0.1, 0.15) is 43.7 Å². The Bertz CT molecular complexity index is 917. The molecule has 0 bridgehead atoms. The smallest absolute Gasteiger partial charge is 0.231 e. The fraction of sp³-hybridized carbons (Fsp3) is 0.417. The van der Waals surface area contributed by atoms with Gasteiger partial charge in [-0.25, -0.2) is 0 Å². The average molecular weight is 389 g/mol. The first-order valence-electron chi connectivity index (χ1n) is 10.5. The van der Waals surface area contributed by atoms with Gasteiger partial charge in [0.1, 0.15) is 5.75 Å². The lowest BCUT2D eigenvalue weighted by atomic mass is 10.00. The van der Waals surface area contributed by atoms with Gasteiger partial charge in [-0.1, -0.05) is 0 Å². The number of nitrogens with zero attached hydrogens (tertiary/aromatic N) is 3. The van der Waals surface area contributed by atoms with E-state index in [0.717, 1.165) is 42.1 Å². The summed E-state index contributed by atoms with van der Waals surface area (Å²) in [4.78, 5) is 16.9. The Morgan fingerprint density at radius 2 is 2.00 bits per heavy atom. The molecule has 2 aromatic rings. The first kappa shape index (κ1) is 19.5. The Labute approximate surface area is 172 Å². The molecule has 5 nitrogen and oxygen atoms in total. The second kappa shape index (κ2) is 8.67. The molecule has 0 N–H and O–H groups in total. The number of carbonyl (C=O) groups is 1. The van der Waals surface area contributed by atoms with Gasteiger partial charge in [-0.15, -0.1) is 0 Å². The molecule has 0 saturated carbocycles. The Hall–Kier alpha value is -2.84. The van der Waals surface area contributed by atoms with E-state index >= 15 is 0 Å². The van der Waals surface area contributed by atoms with Crippen LogP contribution in [-0.4, -0.2) is 36.5 Å². The van der Waals surface area contributed by atoms with E-state index < -0.39 is 0 Å². The number of carbonyl (C=O) groups excluding carboxylic acids is 1. The first-order chi connectivity index (χ1) is 14.2. The third-order valence-corrected chi connectivity index (χ3v) is 5.95. The summed E-state index contributed by atoms with van der Waals surface area (Å²) < 4.78 is 6.00. The monoisotopic (exact) mass is 389 g/mol. The predicted octanol–water partition coefficient (Wildman–Crippen LogP) is 4.42. The quantitative estimate of drug-likeness (QED) is 0.686. The van der Waals surface area contributed by atoms with Gasteiger partial charge in [0.2, 0.25) is 5.91 Å². The molecule has 4 rings (SSSR count). The van der Waals surface area contributed by atoms with E-state index in [2.05, 4.69) is 24.0 Å². The highest BCUT2D eigenvalue weighted by molar-refractivity contribution is 6.03. The number of benzene rings is 2. The molecule has 1 fully saturated rings. The SMILES string of the molecule is C[C@@H]1CCCN1CCCOc1ccc2c(c1)CCC(=O)N2c1ccc(C#N)cc1. The summed E-state index contributed by atoms with van der Waals surface area (Å²) in [6.45, 7) is 5.31. The number of aryl methyl sites for hydroxylation is 1. The minimum absolute atomic E-state index is 0.0793. The highest BCUT2D eigenvalue weighted by Crippen LogP contribution is 2.36. The standard InChI is InChI=1S/C24H27N3O2/c1-18-4-2-13-26(18)14-3-15-29-22-10-11-23-20(16-22)7-12-24(28)27(23)21-8-5-19(17-25)6-9-21/h5-6,8-11,16,18H,2-4,7,12-15H2,1H3/t18-/m1/s1. The van der Waals surface area contributed by atoms with Gasteiger partial charge in [0.05, 0.1) is 23.9 Å². The van der Waals surface area contributed by atoms with Crippen molar-refractivity contribution in [1.29, 1.82) is 5.26 Å². The average Bonchev–Trinajstić information content (AvgIpc) is 3.16. The van der Waals surface area contributed by atoms with Crippen LogP contribution in [0.15, 0.2) is 42.5 Å². The second-order valence-corrected chi connectivity index (χ2v) is 7.91. The summed E-state index contributed by atoms with van der Waals surface area (Å²) in [5, 5.41) is 9.00. The van der Waals surface area contributed by atoms with E-state index in [1.54, 1.807) is 17.0 Å². The van der Waals surface area contributed by atoms with Gasteiger partial charge in [0.25, 0.3) is 0 Å². The van der Waals surface area contributed by atoms with E-state index in [-0.39, 0.29) is 5.91 Å². The van der Waals surface area contributed by atoms with Crippen LogP contribution in [0.2, 0.25) is 0 Å². The molecule has 0 aromatic heterocycles. The van der Waals surface area contributed by atoms with Crippen LogP contribution in [0.5, 0.6) is 5.75 Å². The zero-order valence-corrected chi connectivity index (χ0v) is 16.9. The normalized spacial score (nSPS) is 19.1. The summed E-state index contributed by atoms with van der Waals surface area (Å²) in [5.74, 6) is 0.947. The fourth-order valence-electron chi connectivity index (χ4n) is 4.31. The third-order valence-electron chi connectivity index (χ3n) is 5.95. The van der Waals surface area contributed by atoms with Gasteiger partial charge >= 0.3 is 0 Å². The maximum atomic E-state index is 12.6. The number of hydrogen-bond donors (Lipinski definition) is 0. The fourth-order valence-corrected chi connectivity index (χ4v) is 4.31. The molecule has 2 heterocycles. The highest BCUT2D eigenvalue weighted by atomic mass is 16.5.